The van der Waals surface area contributed by atoms with Crippen molar-refractivity contribution in [2.75, 3.05) is 12.4 Å². The Balaban J connectivity index is 1.99. The lowest BCUT2D eigenvalue weighted by molar-refractivity contribution is -0.116. The minimum atomic E-state index is -0.666. The quantitative estimate of drug-likeness (QED) is 0.656. The number of aromatic nitrogens is 2. The molecule has 154 valence electrons. The highest BCUT2D eigenvalue weighted by Gasteiger charge is 2.18. The van der Waals surface area contributed by atoms with E-state index in [4.69, 9.17) is 0 Å². The summed E-state index contributed by atoms with van der Waals surface area (Å²) < 4.78 is 14.4. The van der Waals surface area contributed by atoms with Gasteiger partial charge in [-0.1, -0.05) is 19.1 Å². The van der Waals surface area contributed by atoms with Crippen LogP contribution in [0, 0.1) is 5.82 Å². The Morgan fingerprint density at radius 2 is 1.87 bits per heavy atom. The van der Waals surface area contributed by atoms with Gasteiger partial charge < -0.3 is 10.6 Å². The minimum absolute atomic E-state index is 0.158. The highest BCUT2D eigenvalue weighted by molar-refractivity contribution is 5.94. The Hall–Kier alpha value is -3.81. The molecule has 0 aliphatic rings. The number of carbonyl (C=O) groups is 2. The number of aryl methyl sites for hydroxylation is 1. The average molecular weight is 408 g/mol. The van der Waals surface area contributed by atoms with Crippen LogP contribution in [-0.2, 0) is 17.8 Å². The molecule has 2 amide bonds. The van der Waals surface area contributed by atoms with E-state index in [1.165, 1.54) is 31.3 Å². The molecule has 1 aromatic heterocycles. The Labute approximate surface area is 172 Å². The minimum Gasteiger partial charge on any atom is -0.355 e. The molecular weight excluding hydrogens is 387 g/mol. The molecule has 7 nitrogen and oxygen atoms in total. The number of hydrogen-bond donors (Lipinski definition) is 2. The van der Waals surface area contributed by atoms with Crippen molar-refractivity contribution in [1.82, 2.24) is 14.9 Å². The van der Waals surface area contributed by atoms with Crippen molar-refractivity contribution in [1.29, 1.82) is 0 Å². The summed E-state index contributed by atoms with van der Waals surface area (Å²) in [5, 5.41) is 5.14. The Morgan fingerprint density at radius 3 is 2.53 bits per heavy atom. The van der Waals surface area contributed by atoms with Gasteiger partial charge in [-0.15, -0.1) is 0 Å². The van der Waals surface area contributed by atoms with Gasteiger partial charge in [0.1, 0.15) is 23.7 Å². The molecule has 0 radical (unpaired) electrons. The molecule has 0 fully saturated rings. The lowest BCUT2D eigenvalue weighted by atomic mass is 10.1. The van der Waals surface area contributed by atoms with Crippen LogP contribution >= 0.6 is 0 Å². The molecule has 0 spiro atoms. The van der Waals surface area contributed by atoms with Crippen LogP contribution in [0.3, 0.4) is 0 Å². The molecule has 3 rings (SSSR count). The highest BCUT2D eigenvalue weighted by Crippen LogP contribution is 2.17. The summed E-state index contributed by atoms with van der Waals surface area (Å²) in [5.74, 6) is -1.35. The number of halogens is 1. The summed E-state index contributed by atoms with van der Waals surface area (Å²) in [5.41, 5.74) is 1.24. The molecule has 0 unspecified atom stereocenters. The van der Waals surface area contributed by atoms with Crippen molar-refractivity contribution in [2.45, 2.75) is 19.9 Å². The number of nitrogens with zero attached hydrogens (tertiary/aromatic N) is 2. The molecule has 0 bridgehead atoms. The Kier molecular flexibility index (Phi) is 6.36. The van der Waals surface area contributed by atoms with E-state index >= 15 is 0 Å². The zero-order valence-electron chi connectivity index (χ0n) is 16.6. The molecule has 0 aliphatic carbocycles. The summed E-state index contributed by atoms with van der Waals surface area (Å²) in [6, 6.07) is 12.7. The maximum Gasteiger partial charge on any atom is 0.267 e. The second-order valence-corrected chi connectivity index (χ2v) is 6.57. The molecule has 0 saturated heterocycles. The maximum atomic E-state index is 13.3. The highest BCUT2D eigenvalue weighted by atomic mass is 19.1. The van der Waals surface area contributed by atoms with E-state index in [1.54, 1.807) is 6.07 Å². The topological polar surface area (TPSA) is 93.1 Å². The third-order valence-corrected chi connectivity index (χ3v) is 4.54. The van der Waals surface area contributed by atoms with Crippen LogP contribution in [-0.4, -0.2) is 28.4 Å². The molecule has 0 atom stereocenters. The van der Waals surface area contributed by atoms with Gasteiger partial charge in [-0.3, -0.25) is 19.0 Å². The first kappa shape index (κ1) is 20.9. The second-order valence-electron chi connectivity index (χ2n) is 6.57. The molecule has 0 saturated carbocycles. The molecule has 8 heteroatoms. The van der Waals surface area contributed by atoms with Crippen molar-refractivity contribution in [3.05, 3.63) is 82.0 Å². The summed E-state index contributed by atoms with van der Waals surface area (Å²) in [7, 11) is 1.40. The number of amides is 2. The van der Waals surface area contributed by atoms with Crippen LogP contribution in [0.4, 0.5) is 10.1 Å². The van der Waals surface area contributed by atoms with E-state index in [-0.39, 0.29) is 17.9 Å². The second kappa shape index (κ2) is 9.13. The molecule has 2 aromatic carbocycles. The van der Waals surface area contributed by atoms with E-state index < -0.39 is 23.2 Å². The molecule has 3 aromatic rings. The molecule has 0 aliphatic heterocycles. The SMILES string of the molecule is CCc1cccc(NC(=O)Cn2c(-c3ccc(F)cc3)ncc(C(=O)NC)c2=O)c1. The van der Waals surface area contributed by atoms with E-state index in [0.29, 0.717) is 11.3 Å². The van der Waals surface area contributed by atoms with E-state index in [2.05, 4.69) is 15.6 Å². The monoisotopic (exact) mass is 408 g/mol. The van der Waals surface area contributed by atoms with Crippen molar-refractivity contribution in [3.8, 4) is 11.4 Å². The molecular formula is C22H21FN4O3. The van der Waals surface area contributed by atoms with Crippen LogP contribution in [0.5, 0.6) is 0 Å². The van der Waals surface area contributed by atoms with Gasteiger partial charge >= 0.3 is 0 Å². The van der Waals surface area contributed by atoms with Crippen molar-refractivity contribution in [3.63, 3.8) is 0 Å². The van der Waals surface area contributed by atoms with Gasteiger partial charge in [0.2, 0.25) is 5.91 Å². The predicted molar refractivity (Wildman–Crippen MR) is 112 cm³/mol. The van der Waals surface area contributed by atoms with Crippen LogP contribution in [0.25, 0.3) is 11.4 Å². The number of anilines is 1. The number of benzene rings is 2. The Morgan fingerprint density at radius 1 is 1.13 bits per heavy atom. The fourth-order valence-corrected chi connectivity index (χ4v) is 2.97. The number of rotatable bonds is 6. The van der Waals surface area contributed by atoms with Crippen LogP contribution < -0.4 is 16.2 Å². The first-order valence-electron chi connectivity index (χ1n) is 9.39. The fourth-order valence-electron chi connectivity index (χ4n) is 2.97. The van der Waals surface area contributed by atoms with Gasteiger partial charge in [-0.2, -0.15) is 0 Å². The lowest BCUT2D eigenvalue weighted by Gasteiger charge is -2.14. The fraction of sp³-hybridized carbons (Fsp3) is 0.182. The lowest BCUT2D eigenvalue weighted by Crippen LogP contribution is -2.35. The van der Waals surface area contributed by atoms with Crippen LogP contribution in [0.15, 0.2) is 59.5 Å². The van der Waals surface area contributed by atoms with Crippen molar-refractivity contribution in [2.24, 2.45) is 0 Å². The molecule has 30 heavy (non-hydrogen) atoms. The van der Waals surface area contributed by atoms with Gasteiger partial charge in [0.15, 0.2) is 0 Å². The van der Waals surface area contributed by atoms with Gasteiger partial charge in [0.25, 0.3) is 11.5 Å². The summed E-state index contributed by atoms with van der Waals surface area (Å²) >= 11 is 0. The van der Waals surface area contributed by atoms with E-state index in [1.807, 2.05) is 25.1 Å². The first-order chi connectivity index (χ1) is 14.4. The summed E-state index contributed by atoms with van der Waals surface area (Å²) in [6.07, 6.45) is 1.97. The van der Waals surface area contributed by atoms with E-state index in [0.717, 1.165) is 22.7 Å². The van der Waals surface area contributed by atoms with Crippen molar-refractivity contribution < 1.29 is 14.0 Å². The predicted octanol–water partition coefficient (Wildman–Crippen LogP) is 2.61. The largest absolute Gasteiger partial charge is 0.355 e. The van der Waals surface area contributed by atoms with Crippen molar-refractivity contribution >= 4 is 17.5 Å². The van der Waals surface area contributed by atoms with Gasteiger partial charge in [-0.05, 0) is 48.4 Å². The standard InChI is InChI=1S/C22H21FN4O3/c1-3-14-5-4-6-17(11-14)26-19(28)13-27-20(15-7-9-16(23)10-8-15)25-12-18(22(27)30)21(29)24-2/h4-12H,3,13H2,1-2H3,(H,24,29)(H,26,28). The maximum absolute atomic E-state index is 13.3. The third-order valence-electron chi connectivity index (χ3n) is 4.54. The zero-order valence-corrected chi connectivity index (χ0v) is 16.6. The Bertz CT molecular complexity index is 1140. The third kappa shape index (κ3) is 4.60. The first-order valence-corrected chi connectivity index (χ1v) is 9.39. The zero-order chi connectivity index (χ0) is 21.7. The van der Waals surface area contributed by atoms with Gasteiger partial charge in [-0.25, -0.2) is 9.37 Å². The van der Waals surface area contributed by atoms with Gasteiger partial charge in [0, 0.05) is 24.5 Å². The van der Waals surface area contributed by atoms with E-state index in [9.17, 15) is 18.8 Å². The number of nitrogens with one attached hydrogen (secondary N) is 2. The molecule has 1 heterocycles. The summed E-state index contributed by atoms with van der Waals surface area (Å²) in [6.45, 7) is 1.64. The molecule has 2 N–H and O–H groups in total. The number of hydrogen-bond acceptors (Lipinski definition) is 4. The van der Waals surface area contributed by atoms with Gasteiger partial charge in [0.05, 0.1) is 0 Å². The number of carbonyl (C=O) groups excluding carboxylic acids is 2. The van der Waals surface area contributed by atoms with Crippen LogP contribution in [0.1, 0.15) is 22.8 Å². The smallest absolute Gasteiger partial charge is 0.267 e. The summed E-state index contributed by atoms with van der Waals surface area (Å²) in [4.78, 5) is 41.8. The normalized spacial score (nSPS) is 10.5. The van der Waals surface area contributed by atoms with Crippen LogP contribution in [0.2, 0.25) is 0 Å². The average Bonchev–Trinajstić information content (AvgIpc) is 2.75.